The number of aliphatic hydroxyl groups excluding tert-OH is 2. The number of halogens is 3. The second kappa shape index (κ2) is 9.37. The van der Waals surface area contributed by atoms with Gasteiger partial charge in [-0.15, -0.1) is 0 Å². The molecular formula is C25H22F3N3O4. The summed E-state index contributed by atoms with van der Waals surface area (Å²) in [7, 11) is 0. The van der Waals surface area contributed by atoms with Gasteiger partial charge in [-0.3, -0.25) is 9.78 Å². The number of carbonyl (C=O) groups is 1. The third-order valence-electron chi connectivity index (χ3n) is 6.32. The maximum absolute atomic E-state index is 14.4. The highest BCUT2D eigenvalue weighted by Gasteiger charge is 2.45. The van der Waals surface area contributed by atoms with Crippen LogP contribution in [0.3, 0.4) is 0 Å². The van der Waals surface area contributed by atoms with E-state index in [2.05, 4.69) is 15.3 Å². The van der Waals surface area contributed by atoms with Gasteiger partial charge in [-0.05, 0) is 49.1 Å². The van der Waals surface area contributed by atoms with Gasteiger partial charge in [-0.2, -0.15) is 0 Å². The number of hydrogen-bond donors (Lipinski definition) is 3. The van der Waals surface area contributed by atoms with Crippen molar-refractivity contribution in [2.45, 2.75) is 43.7 Å². The van der Waals surface area contributed by atoms with E-state index in [1.807, 2.05) is 0 Å². The minimum absolute atomic E-state index is 0.114. The minimum atomic E-state index is -1.01. The van der Waals surface area contributed by atoms with E-state index in [4.69, 9.17) is 4.74 Å². The Kier molecular flexibility index (Phi) is 6.26. The maximum Gasteiger partial charge on any atom is 0.274 e. The molecule has 4 atom stereocenters. The van der Waals surface area contributed by atoms with Crippen LogP contribution in [0.4, 0.5) is 18.9 Å². The molecule has 1 aliphatic heterocycles. The number of benzene rings is 1. The number of ether oxygens (including phenoxy) is 1. The van der Waals surface area contributed by atoms with Gasteiger partial charge in [0.1, 0.15) is 34.9 Å². The quantitative estimate of drug-likeness (QED) is 0.508. The number of nitrogens with one attached hydrogen (secondary N) is 1. The van der Waals surface area contributed by atoms with Crippen molar-refractivity contribution in [3.63, 3.8) is 0 Å². The molecule has 182 valence electrons. The van der Waals surface area contributed by atoms with Crippen molar-refractivity contribution in [2.24, 2.45) is 5.92 Å². The highest BCUT2D eigenvalue weighted by atomic mass is 19.1. The van der Waals surface area contributed by atoms with Crippen molar-refractivity contribution in [1.29, 1.82) is 0 Å². The lowest BCUT2D eigenvalue weighted by molar-refractivity contribution is -0.177. The summed E-state index contributed by atoms with van der Waals surface area (Å²) < 4.78 is 48.9. The van der Waals surface area contributed by atoms with E-state index in [0.29, 0.717) is 5.56 Å². The zero-order valence-corrected chi connectivity index (χ0v) is 18.4. The summed E-state index contributed by atoms with van der Waals surface area (Å²) in [4.78, 5) is 20.9. The fraction of sp³-hybridized carbons (Fsp3) is 0.320. The van der Waals surface area contributed by atoms with Crippen molar-refractivity contribution < 1.29 is 32.9 Å². The Morgan fingerprint density at radius 2 is 1.77 bits per heavy atom. The molecular weight excluding hydrogens is 463 g/mol. The lowest BCUT2D eigenvalue weighted by Gasteiger charge is -2.38. The molecule has 1 aliphatic carbocycles. The first-order valence-electron chi connectivity index (χ1n) is 11.2. The van der Waals surface area contributed by atoms with Crippen LogP contribution in [0.2, 0.25) is 0 Å². The number of rotatable bonds is 5. The molecule has 2 aliphatic rings. The second-order valence-corrected chi connectivity index (χ2v) is 8.76. The predicted molar refractivity (Wildman–Crippen MR) is 119 cm³/mol. The summed E-state index contributed by atoms with van der Waals surface area (Å²) in [6, 6.07) is 6.73. The first-order chi connectivity index (χ1) is 16.8. The second-order valence-electron chi connectivity index (χ2n) is 8.76. The largest absolute Gasteiger partial charge is 0.390 e. The summed E-state index contributed by atoms with van der Waals surface area (Å²) in [6.07, 6.45) is 1.72. The van der Waals surface area contributed by atoms with E-state index in [1.54, 1.807) is 6.07 Å². The number of aliphatic hydroxyl groups is 2. The van der Waals surface area contributed by atoms with E-state index in [9.17, 15) is 28.2 Å². The van der Waals surface area contributed by atoms with Crippen LogP contribution in [0.15, 0.2) is 48.8 Å². The van der Waals surface area contributed by atoms with Crippen LogP contribution < -0.4 is 5.32 Å². The van der Waals surface area contributed by atoms with Crippen molar-refractivity contribution >= 4 is 11.6 Å². The van der Waals surface area contributed by atoms with Gasteiger partial charge >= 0.3 is 0 Å². The zero-order valence-electron chi connectivity index (χ0n) is 18.4. The summed E-state index contributed by atoms with van der Waals surface area (Å²) in [5, 5.41) is 23.3. The molecule has 10 heteroatoms. The number of pyridine rings is 2. The Bertz CT molecular complexity index is 1250. The lowest BCUT2D eigenvalue weighted by atomic mass is 9.91. The van der Waals surface area contributed by atoms with Gasteiger partial charge in [0.2, 0.25) is 0 Å². The van der Waals surface area contributed by atoms with Crippen LogP contribution in [0, 0.1) is 23.4 Å². The predicted octanol–water partition coefficient (Wildman–Crippen LogP) is 3.78. The van der Waals surface area contributed by atoms with E-state index in [0.717, 1.165) is 43.2 Å². The van der Waals surface area contributed by atoms with Gasteiger partial charge in [0, 0.05) is 18.2 Å². The molecule has 0 bridgehead atoms. The lowest BCUT2D eigenvalue weighted by Crippen LogP contribution is -2.46. The van der Waals surface area contributed by atoms with Crippen LogP contribution in [0.1, 0.15) is 41.4 Å². The standard InChI is InChI=1S/C25H22F3N3O4/c26-14-2-1-3-15(27)21(14)22-16(28)6-7-17(30-22)25(34)31-18-11-29-9-8-13(18)20-10-19(32)23(33)24(35-20)12-4-5-12/h1-3,6-9,11-12,19-20,23-24,32-33H,4-5,10H2,(H,31,34)/t19-,20-,23+,24-/m1/s1. The number of carbonyl (C=O) groups excluding carboxylic acids is 1. The van der Waals surface area contributed by atoms with Gasteiger partial charge in [0.05, 0.1) is 35.8 Å². The third kappa shape index (κ3) is 4.64. The molecule has 0 radical (unpaired) electrons. The molecule has 0 spiro atoms. The molecule has 3 aromatic rings. The average molecular weight is 485 g/mol. The molecule has 5 rings (SSSR count). The van der Waals surface area contributed by atoms with E-state index >= 15 is 0 Å². The summed E-state index contributed by atoms with van der Waals surface area (Å²) in [5.41, 5.74) is -0.761. The Hall–Kier alpha value is -3.34. The molecule has 3 heterocycles. The number of aromatic nitrogens is 2. The van der Waals surface area contributed by atoms with Crippen molar-refractivity contribution in [2.75, 3.05) is 5.32 Å². The van der Waals surface area contributed by atoms with Gasteiger partial charge in [0.25, 0.3) is 5.91 Å². The number of hydrogen-bond acceptors (Lipinski definition) is 6. The molecule has 1 saturated heterocycles. The zero-order chi connectivity index (χ0) is 24.7. The monoisotopic (exact) mass is 485 g/mol. The normalized spacial score (nSPS) is 24.3. The van der Waals surface area contributed by atoms with E-state index < -0.39 is 59.0 Å². The maximum atomic E-state index is 14.4. The molecule has 2 aromatic heterocycles. The SMILES string of the molecule is O=C(Nc1cnccc1[C@H]1C[C@@H](O)[C@H](O)[C@@H](C2CC2)O1)c1ccc(F)c(-c2c(F)cccc2F)n1. The first-order valence-corrected chi connectivity index (χ1v) is 11.2. The molecule has 1 amide bonds. The van der Waals surface area contributed by atoms with Crippen molar-refractivity contribution in [3.8, 4) is 11.3 Å². The van der Waals surface area contributed by atoms with Gasteiger partial charge < -0.3 is 20.3 Å². The Morgan fingerprint density at radius 1 is 1.03 bits per heavy atom. The fourth-order valence-electron chi connectivity index (χ4n) is 4.36. The molecule has 35 heavy (non-hydrogen) atoms. The number of anilines is 1. The smallest absolute Gasteiger partial charge is 0.274 e. The Balaban J connectivity index is 1.42. The summed E-state index contributed by atoms with van der Waals surface area (Å²) >= 11 is 0. The topological polar surface area (TPSA) is 105 Å². The van der Waals surface area contributed by atoms with Gasteiger partial charge in [-0.25, -0.2) is 18.2 Å². The Labute approximate surface area is 198 Å². The highest BCUT2D eigenvalue weighted by Crippen LogP contribution is 2.44. The fourth-order valence-corrected chi connectivity index (χ4v) is 4.36. The van der Waals surface area contributed by atoms with Crippen molar-refractivity contribution in [1.82, 2.24) is 9.97 Å². The molecule has 7 nitrogen and oxygen atoms in total. The Morgan fingerprint density at radius 3 is 2.49 bits per heavy atom. The van der Waals surface area contributed by atoms with Crippen LogP contribution in [-0.4, -0.2) is 44.4 Å². The number of amides is 1. The van der Waals surface area contributed by atoms with E-state index in [-0.39, 0.29) is 23.7 Å². The van der Waals surface area contributed by atoms with E-state index in [1.165, 1.54) is 12.4 Å². The van der Waals surface area contributed by atoms with Crippen molar-refractivity contribution in [3.05, 3.63) is 77.5 Å². The van der Waals surface area contributed by atoms with Crippen LogP contribution in [0.25, 0.3) is 11.3 Å². The van der Waals surface area contributed by atoms with Crippen LogP contribution >= 0.6 is 0 Å². The first kappa shape index (κ1) is 23.4. The highest BCUT2D eigenvalue weighted by molar-refractivity contribution is 6.03. The average Bonchev–Trinajstić information content (AvgIpc) is 3.67. The third-order valence-corrected chi connectivity index (χ3v) is 6.32. The molecule has 0 unspecified atom stereocenters. The molecule has 2 fully saturated rings. The molecule has 1 aromatic carbocycles. The van der Waals surface area contributed by atoms with Gasteiger partial charge in [0.15, 0.2) is 0 Å². The van der Waals surface area contributed by atoms with Gasteiger partial charge in [-0.1, -0.05) is 6.07 Å². The van der Waals surface area contributed by atoms with Crippen LogP contribution in [0.5, 0.6) is 0 Å². The van der Waals surface area contributed by atoms with Crippen LogP contribution in [-0.2, 0) is 4.74 Å². The molecule has 3 N–H and O–H groups in total. The molecule has 1 saturated carbocycles. The summed E-state index contributed by atoms with van der Waals surface area (Å²) in [5.74, 6) is -3.59. The number of nitrogens with zero attached hydrogens (tertiary/aromatic N) is 2. The summed E-state index contributed by atoms with van der Waals surface area (Å²) in [6.45, 7) is 0. The minimum Gasteiger partial charge on any atom is -0.390 e.